The van der Waals surface area contributed by atoms with Gasteiger partial charge >= 0.3 is 0 Å². The Morgan fingerprint density at radius 3 is 2.75 bits per heavy atom. The SMILES string of the molecule is Cc1cccc2c1-n1c(C)nc(C)c1CC2. The van der Waals surface area contributed by atoms with E-state index in [9.17, 15) is 0 Å². The van der Waals surface area contributed by atoms with Gasteiger partial charge in [0.15, 0.2) is 0 Å². The maximum atomic E-state index is 4.60. The number of aryl methyl sites for hydroxylation is 4. The smallest absolute Gasteiger partial charge is 0.110 e. The molecular weight excluding hydrogens is 196 g/mol. The van der Waals surface area contributed by atoms with Gasteiger partial charge in [-0.2, -0.15) is 0 Å². The zero-order valence-corrected chi connectivity index (χ0v) is 10.0. The third-order valence-corrected chi connectivity index (χ3v) is 3.52. The lowest BCUT2D eigenvalue weighted by Crippen LogP contribution is -2.14. The van der Waals surface area contributed by atoms with Crippen molar-refractivity contribution in [3.05, 3.63) is 46.5 Å². The molecule has 16 heavy (non-hydrogen) atoms. The predicted molar refractivity (Wildman–Crippen MR) is 65.2 cm³/mol. The molecule has 2 aromatic rings. The summed E-state index contributed by atoms with van der Waals surface area (Å²) in [7, 11) is 0. The van der Waals surface area contributed by atoms with E-state index in [0.717, 1.165) is 18.7 Å². The van der Waals surface area contributed by atoms with E-state index in [0.29, 0.717) is 0 Å². The fraction of sp³-hybridized carbons (Fsp3) is 0.357. The van der Waals surface area contributed by atoms with Gasteiger partial charge in [-0.1, -0.05) is 18.2 Å². The molecule has 0 aliphatic carbocycles. The average Bonchev–Trinajstić information content (AvgIpc) is 2.55. The van der Waals surface area contributed by atoms with Crippen LogP contribution in [0, 0.1) is 20.8 Å². The van der Waals surface area contributed by atoms with Crippen LogP contribution in [0.3, 0.4) is 0 Å². The number of para-hydroxylation sites is 1. The van der Waals surface area contributed by atoms with Crippen LogP contribution >= 0.6 is 0 Å². The van der Waals surface area contributed by atoms with E-state index in [2.05, 4.69) is 48.5 Å². The Bertz CT molecular complexity index is 564. The van der Waals surface area contributed by atoms with E-state index in [1.807, 2.05) is 0 Å². The van der Waals surface area contributed by atoms with Crippen LogP contribution in [0.4, 0.5) is 0 Å². The summed E-state index contributed by atoms with van der Waals surface area (Å²) in [5.74, 6) is 1.11. The molecule has 1 aromatic heterocycles. The molecule has 0 saturated heterocycles. The molecule has 0 atom stereocenters. The lowest BCUT2D eigenvalue weighted by Gasteiger charge is -2.22. The van der Waals surface area contributed by atoms with Gasteiger partial charge in [-0.25, -0.2) is 4.98 Å². The van der Waals surface area contributed by atoms with E-state index >= 15 is 0 Å². The fourth-order valence-corrected chi connectivity index (χ4v) is 2.80. The zero-order chi connectivity index (χ0) is 11.3. The summed E-state index contributed by atoms with van der Waals surface area (Å²) >= 11 is 0. The average molecular weight is 212 g/mol. The molecule has 0 amide bonds. The molecule has 2 heterocycles. The molecule has 82 valence electrons. The summed E-state index contributed by atoms with van der Waals surface area (Å²) in [4.78, 5) is 4.60. The Morgan fingerprint density at radius 1 is 1.12 bits per heavy atom. The van der Waals surface area contributed by atoms with Crippen molar-refractivity contribution in [3.8, 4) is 5.69 Å². The van der Waals surface area contributed by atoms with Crippen molar-refractivity contribution in [2.75, 3.05) is 0 Å². The molecule has 2 nitrogen and oxygen atoms in total. The van der Waals surface area contributed by atoms with Gasteiger partial charge < -0.3 is 4.57 Å². The van der Waals surface area contributed by atoms with Crippen molar-refractivity contribution in [1.29, 1.82) is 0 Å². The normalized spacial score (nSPS) is 13.4. The highest BCUT2D eigenvalue weighted by molar-refractivity contribution is 5.52. The first kappa shape index (κ1) is 9.64. The highest BCUT2D eigenvalue weighted by Crippen LogP contribution is 2.30. The maximum absolute atomic E-state index is 4.60. The van der Waals surface area contributed by atoms with Gasteiger partial charge in [0.2, 0.25) is 0 Å². The van der Waals surface area contributed by atoms with E-state index in [1.54, 1.807) is 0 Å². The molecular formula is C14H16N2. The molecule has 1 aliphatic heterocycles. The van der Waals surface area contributed by atoms with Gasteiger partial charge in [0, 0.05) is 5.69 Å². The molecule has 0 N–H and O–H groups in total. The van der Waals surface area contributed by atoms with Crippen molar-refractivity contribution in [2.45, 2.75) is 33.6 Å². The van der Waals surface area contributed by atoms with Crippen LogP contribution in [0.1, 0.15) is 28.3 Å². The van der Waals surface area contributed by atoms with Gasteiger partial charge in [0.25, 0.3) is 0 Å². The standard InChI is InChI=1S/C14H16N2/c1-9-5-4-6-12-7-8-13-10(2)15-11(3)16(13)14(9)12/h4-6H,7-8H2,1-3H3. The number of hydrogen-bond donors (Lipinski definition) is 0. The second-order valence-electron chi connectivity index (χ2n) is 4.61. The minimum Gasteiger partial charge on any atom is -0.300 e. The van der Waals surface area contributed by atoms with Crippen LogP contribution in [0.15, 0.2) is 18.2 Å². The van der Waals surface area contributed by atoms with Crippen LogP contribution in [-0.2, 0) is 12.8 Å². The molecule has 2 heteroatoms. The van der Waals surface area contributed by atoms with Crippen molar-refractivity contribution in [3.63, 3.8) is 0 Å². The Hall–Kier alpha value is -1.57. The van der Waals surface area contributed by atoms with Crippen LogP contribution in [-0.4, -0.2) is 9.55 Å². The fourth-order valence-electron chi connectivity index (χ4n) is 2.80. The van der Waals surface area contributed by atoms with Crippen LogP contribution in [0.25, 0.3) is 5.69 Å². The van der Waals surface area contributed by atoms with Crippen LogP contribution in [0.2, 0.25) is 0 Å². The van der Waals surface area contributed by atoms with Gasteiger partial charge in [-0.3, -0.25) is 0 Å². The number of aromatic nitrogens is 2. The molecule has 3 rings (SSSR count). The van der Waals surface area contributed by atoms with Gasteiger partial charge in [-0.15, -0.1) is 0 Å². The summed E-state index contributed by atoms with van der Waals surface area (Å²) in [6, 6.07) is 6.57. The Morgan fingerprint density at radius 2 is 1.94 bits per heavy atom. The molecule has 1 aromatic carbocycles. The van der Waals surface area contributed by atoms with Crippen molar-refractivity contribution >= 4 is 0 Å². The molecule has 0 bridgehead atoms. The van der Waals surface area contributed by atoms with Crippen LogP contribution < -0.4 is 0 Å². The van der Waals surface area contributed by atoms with Gasteiger partial charge in [0.1, 0.15) is 5.82 Å². The monoisotopic (exact) mass is 212 g/mol. The minimum absolute atomic E-state index is 1.11. The zero-order valence-electron chi connectivity index (χ0n) is 10.0. The number of fused-ring (bicyclic) bond motifs is 3. The highest BCUT2D eigenvalue weighted by atomic mass is 15.1. The van der Waals surface area contributed by atoms with E-state index < -0.39 is 0 Å². The molecule has 0 unspecified atom stereocenters. The Labute approximate surface area is 95.9 Å². The van der Waals surface area contributed by atoms with E-state index in [-0.39, 0.29) is 0 Å². The van der Waals surface area contributed by atoms with Crippen molar-refractivity contribution in [2.24, 2.45) is 0 Å². The summed E-state index contributed by atoms with van der Waals surface area (Å²) in [6.45, 7) is 6.39. The molecule has 0 spiro atoms. The molecule has 0 radical (unpaired) electrons. The third-order valence-electron chi connectivity index (χ3n) is 3.52. The lowest BCUT2D eigenvalue weighted by molar-refractivity contribution is 0.781. The number of nitrogens with zero attached hydrogens (tertiary/aromatic N) is 2. The van der Waals surface area contributed by atoms with Crippen molar-refractivity contribution in [1.82, 2.24) is 9.55 Å². The summed E-state index contributed by atoms with van der Waals surface area (Å²) in [6.07, 6.45) is 2.26. The first-order chi connectivity index (χ1) is 7.68. The summed E-state index contributed by atoms with van der Waals surface area (Å²) in [5.41, 5.74) is 6.74. The number of hydrogen-bond acceptors (Lipinski definition) is 1. The summed E-state index contributed by atoms with van der Waals surface area (Å²) in [5, 5.41) is 0. The lowest BCUT2D eigenvalue weighted by atomic mass is 9.98. The molecule has 1 aliphatic rings. The highest BCUT2D eigenvalue weighted by Gasteiger charge is 2.21. The number of benzene rings is 1. The third kappa shape index (κ3) is 1.16. The predicted octanol–water partition coefficient (Wildman–Crippen LogP) is 2.90. The second-order valence-corrected chi connectivity index (χ2v) is 4.61. The van der Waals surface area contributed by atoms with E-state index in [4.69, 9.17) is 0 Å². The number of imidazole rings is 1. The van der Waals surface area contributed by atoms with Crippen molar-refractivity contribution < 1.29 is 0 Å². The Balaban J connectivity index is 2.37. The van der Waals surface area contributed by atoms with E-state index in [1.165, 1.54) is 28.2 Å². The quantitative estimate of drug-likeness (QED) is 0.656. The van der Waals surface area contributed by atoms with Crippen LogP contribution in [0.5, 0.6) is 0 Å². The Kier molecular flexibility index (Phi) is 1.93. The second kappa shape index (κ2) is 3.21. The van der Waals surface area contributed by atoms with Gasteiger partial charge in [0.05, 0.1) is 11.4 Å². The summed E-state index contributed by atoms with van der Waals surface area (Å²) < 4.78 is 2.34. The first-order valence-corrected chi connectivity index (χ1v) is 5.82. The van der Waals surface area contributed by atoms with Gasteiger partial charge in [-0.05, 0) is 44.7 Å². The largest absolute Gasteiger partial charge is 0.300 e. The topological polar surface area (TPSA) is 17.8 Å². The molecule has 0 saturated carbocycles. The maximum Gasteiger partial charge on any atom is 0.110 e. The first-order valence-electron chi connectivity index (χ1n) is 5.82. The molecule has 0 fully saturated rings. The minimum atomic E-state index is 1.11. The number of rotatable bonds is 0.